The lowest BCUT2D eigenvalue weighted by atomic mass is 10.1. The van der Waals surface area contributed by atoms with Crippen LogP contribution in [0.1, 0.15) is 19.3 Å². The molecule has 1 fully saturated rings. The van der Waals surface area contributed by atoms with Crippen LogP contribution >= 0.6 is 0 Å². The summed E-state index contributed by atoms with van der Waals surface area (Å²) in [4.78, 5) is 24.1. The Hall–Kier alpha value is -2.15. The SMILES string of the molecule is O=C(Cn1nc2ccccn2c1=O)NC(CCO)C1CC1. The van der Waals surface area contributed by atoms with E-state index >= 15 is 0 Å². The molecule has 1 amide bonds. The zero-order valence-corrected chi connectivity index (χ0v) is 11.6. The van der Waals surface area contributed by atoms with Crippen LogP contribution < -0.4 is 11.0 Å². The van der Waals surface area contributed by atoms with Crippen molar-refractivity contribution in [3.05, 3.63) is 34.9 Å². The van der Waals surface area contributed by atoms with Gasteiger partial charge in [0.25, 0.3) is 0 Å². The molecule has 7 nitrogen and oxygen atoms in total. The van der Waals surface area contributed by atoms with E-state index < -0.39 is 0 Å². The molecule has 0 aromatic carbocycles. The molecule has 1 aliphatic carbocycles. The summed E-state index contributed by atoms with van der Waals surface area (Å²) in [5.74, 6) is 0.213. The summed E-state index contributed by atoms with van der Waals surface area (Å²) in [6.45, 7) is -0.0507. The van der Waals surface area contributed by atoms with Gasteiger partial charge in [0.05, 0.1) is 0 Å². The van der Waals surface area contributed by atoms with Gasteiger partial charge in [-0.3, -0.25) is 9.20 Å². The zero-order valence-electron chi connectivity index (χ0n) is 11.6. The van der Waals surface area contributed by atoms with E-state index in [0.717, 1.165) is 17.5 Å². The average Bonchev–Trinajstić information content (AvgIpc) is 3.26. The molecule has 1 aliphatic rings. The minimum absolute atomic E-state index is 0.00441. The van der Waals surface area contributed by atoms with Crippen LogP contribution in [0, 0.1) is 5.92 Å². The lowest BCUT2D eigenvalue weighted by Gasteiger charge is -2.16. The number of aliphatic hydroxyl groups is 1. The summed E-state index contributed by atoms with van der Waals surface area (Å²) in [5, 5.41) is 16.0. The normalized spacial score (nSPS) is 16.0. The molecule has 1 atom stereocenters. The third kappa shape index (κ3) is 2.97. The maximum absolute atomic E-state index is 12.1. The lowest BCUT2D eigenvalue weighted by molar-refractivity contribution is -0.122. The van der Waals surface area contributed by atoms with Crippen LogP contribution in [0.25, 0.3) is 5.65 Å². The number of carbonyl (C=O) groups is 1. The Bertz CT molecular complexity index is 702. The Balaban J connectivity index is 1.71. The van der Waals surface area contributed by atoms with Crippen molar-refractivity contribution in [2.45, 2.75) is 31.8 Å². The van der Waals surface area contributed by atoms with Gasteiger partial charge in [0.1, 0.15) is 6.54 Å². The Morgan fingerprint density at radius 2 is 2.29 bits per heavy atom. The van der Waals surface area contributed by atoms with Gasteiger partial charge < -0.3 is 10.4 Å². The number of carbonyl (C=O) groups excluding carboxylic acids is 1. The first-order chi connectivity index (χ1) is 10.2. The highest BCUT2D eigenvalue weighted by atomic mass is 16.3. The standard InChI is InChI=1S/C14H18N4O3/c19-8-6-11(10-4-5-10)15-13(20)9-18-14(21)17-7-2-1-3-12(17)16-18/h1-3,7,10-11,19H,4-6,8-9H2,(H,15,20). The van der Waals surface area contributed by atoms with Crippen LogP contribution in [-0.2, 0) is 11.3 Å². The van der Waals surface area contributed by atoms with Gasteiger partial charge in [-0.15, -0.1) is 5.10 Å². The fourth-order valence-corrected chi connectivity index (χ4v) is 2.52. The summed E-state index contributed by atoms with van der Waals surface area (Å²) in [5.41, 5.74) is 0.190. The van der Waals surface area contributed by atoms with Gasteiger partial charge in [0.15, 0.2) is 5.65 Å². The van der Waals surface area contributed by atoms with Gasteiger partial charge in [-0.1, -0.05) is 6.07 Å². The average molecular weight is 290 g/mol. The van der Waals surface area contributed by atoms with E-state index in [1.54, 1.807) is 24.4 Å². The molecule has 1 unspecified atom stereocenters. The van der Waals surface area contributed by atoms with E-state index in [0.29, 0.717) is 18.0 Å². The molecule has 2 aromatic heterocycles. The van der Waals surface area contributed by atoms with Gasteiger partial charge in [0.2, 0.25) is 5.91 Å². The molecule has 1 saturated carbocycles. The van der Waals surface area contributed by atoms with E-state index in [-0.39, 0.29) is 30.8 Å². The molecule has 0 radical (unpaired) electrons. The van der Waals surface area contributed by atoms with Gasteiger partial charge in [0, 0.05) is 18.8 Å². The highest BCUT2D eigenvalue weighted by molar-refractivity contribution is 5.76. The van der Waals surface area contributed by atoms with Gasteiger partial charge in [-0.2, -0.15) is 0 Å². The van der Waals surface area contributed by atoms with Crippen molar-refractivity contribution in [3.63, 3.8) is 0 Å². The number of aliphatic hydroxyl groups excluding tert-OH is 1. The molecule has 21 heavy (non-hydrogen) atoms. The van der Waals surface area contributed by atoms with Crippen molar-refractivity contribution >= 4 is 11.6 Å². The van der Waals surface area contributed by atoms with Crippen LogP contribution in [0.5, 0.6) is 0 Å². The maximum Gasteiger partial charge on any atom is 0.350 e. The topological polar surface area (TPSA) is 88.6 Å². The molecule has 0 saturated heterocycles. The third-order valence-corrected chi connectivity index (χ3v) is 3.76. The Labute approximate surface area is 121 Å². The Morgan fingerprint density at radius 1 is 1.48 bits per heavy atom. The van der Waals surface area contributed by atoms with Crippen molar-refractivity contribution in [1.82, 2.24) is 19.5 Å². The van der Waals surface area contributed by atoms with E-state index in [4.69, 9.17) is 5.11 Å². The highest BCUT2D eigenvalue weighted by Gasteiger charge is 2.31. The molecule has 2 N–H and O–H groups in total. The Kier molecular flexibility index (Phi) is 3.74. The summed E-state index contributed by atoms with van der Waals surface area (Å²) in [7, 11) is 0. The van der Waals surface area contributed by atoms with E-state index in [9.17, 15) is 9.59 Å². The van der Waals surface area contributed by atoms with Crippen LogP contribution in [0.4, 0.5) is 0 Å². The van der Waals surface area contributed by atoms with E-state index in [2.05, 4.69) is 10.4 Å². The third-order valence-electron chi connectivity index (χ3n) is 3.76. The quantitative estimate of drug-likeness (QED) is 0.769. The number of pyridine rings is 1. The number of rotatable bonds is 6. The van der Waals surface area contributed by atoms with Crippen molar-refractivity contribution in [1.29, 1.82) is 0 Å². The minimum Gasteiger partial charge on any atom is -0.396 e. The number of hydrogen-bond acceptors (Lipinski definition) is 4. The van der Waals surface area contributed by atoms with Crippen LogP contribution in [-0.4, -0.2) is 37.8 Å². The van der Waals surface area contributed by atoms with Gasteiger partial charge >= 0.3 is 5.69 Å². The molecule has 0 bridgehead atoms. The predicted octanol–water partition coefficient (Wildman–Crippen LogP) is -0.227. The predicted molar refractivity (Wildman–Crippen MR) is 75.8 cm³/mol. The highest BCUT2D eigenvalue weighted by Crippen LogP contribution is 2.33. The fraction of sp³-hybridized carbons (Fsp3) is 0.500. The number of nitrogens with one attached hydrogen (secondary N) is 1. The number of aromatic nitrogens is 3. The molecule has 7 heteroatoms. The molecule has 3 rings (SSSR count). The summed E-state index contributed by atoms with van der Waals surface area (Å²) >= 11 is 0. The monoisotopic (exact) mass is 290 g/mol. The molecule has 0 aliphatic heterocycles. The summed E-state index contributed by atoms with van der Waals surface area (Å²) < 4.78 is 2.56. The lowest BCUT2D eigenvalue weighted by Crippen LogP contribution is -2.40. The number of amides is 1. The van der Waals surface area contributed by atoms with Crippen molar-refractivity contribution in [2.75, 3.05) is 6.61 Å². The summed E-state index contributed by atoms with van der Waals surface area (Å²) in [6, 6.07) is 5.24. The molecule has 0 spiro atoms. The first kappa shape index (κ1) is 13.8. The Morgan fingerprint density at radius 3 is 2.95 bits per heavy atom. The van der Waals surface area contributed by atoms with Crippen LogP contribution in [0.15, 0.2) is 29.2 Å². The molecular formula is C14H18N4O3. The molecular weight excluding hydrogens is 272 g/mol. The van der Waals surface area contributed by atoms with E-state index in [1.807, 2.05) is 0 Å². The first-order valence-corrected chi connectivity index (χ1v) is 7.13. The van der Waals surface area contributed by atoms with Crippen LogP contribution in [0.2, 0.25) is 0 Å². The van der Waals surface area contributed by atoms with Crippen molar-refractivity contribution in [3.8, 4) is 0 Å². The molecule has 2 heterocycles. The summed E-state index contributed by atoms with van der Waals surface area (Å²) in [6.07, 6.45) is 4.34. The van der Waals surface area contributed by atoms with Crippen molar-refractivity contribution < 1.29 is 9.90 Å². The maximum atomic E-state index is 12.1. The molecule has 2 aromatic rings. The second-order valence-electron chi connectivity index (χ2n) is 5.39. The fourth-order valence-electron chi connectivity index (χ4n) is 2.52. The van der Waals surface area contributed by atoms with Gasteiger partial charge in [-0.05, 0) is 37.3 Å². The second kappa shape index (κ2) is 5.69. The number of nitrogens with zero attached hydrogens (tertiary/aromatic N) is 3. The first-order valence-electron chi connectivity index (χ1n) is 7.13. The van der Waals surface area contributed by atoms with E-state index in [1.165, 1.54) is 4.40 Å². The zero-order chi connectivity index (χ0) is 14.8. The number of fused-ring (bicyclic) bond motifs is 1. The second-order valence-corrected chi connectivity index (χ2v) is 5.39. The van der Waals surface area contributed by atoms with Crippen LogP contribution in [0.3, 0.4) is 0 Å². The minimum atomic E-state index is -0.328. The smallest absolute Gasteiger partial charge is 0.350 e. The number of hydrogen-bond donors (Lipinski definition) is 2. The largest absolute Gasteiger partial charge is 0.396 e. The van der Waals surface area contributed by atoms with Gasteiger partial charge in [-0.25, -0.2) is 9.48 Å². The van der Waals surface area contributed by atoms with Crippen molar-refractivity contribution in [2.24, 2.45) is 5.92 Å². The molecule has 112 valence electrons.